The summed E-state index contributed by atoms with van der Waals surface area (Å²) >= 11 is 0. The fourth-order valence-electron chi connectivity index (χ4n) is 1.31. The summed E-state index contributed by atoms with van der Waals surface area (Å²) in [7, 11) is 0. The van der Waals surface area contributed by atoms with Crippen molar-refractivity contribution in [3.63, 3.8) is 0 Å². The summed E-state index contributed by atoms with van der Waals surface area (Å²) in [6, 6.07) is 0.363. The van der Waals surface area contributed by atoms with Crippen LogP contribution in [0.25, 0.3) is 0 Å². The lowest BCUT2D eigenvalue weighted by Gasteiger charge is -2.24. The van der Waals surface area contributed by atoms with Gasteiger partial charge < -0.3 is 17.2 Å². The summed E-state index contributed by atoms with van der Waals surface area (Å²) in [4.78, 5) is 0. The van der Waals surface area contributed by atoms with Crippen LogP contribution < -0.4 is 17.2 Å². The minimum atomic E-state index is -0.174. The van der Waals surface area contributed by atoms with Crippen molar-refractivity contribution in [1.29, 1.82) is 0 Å². The smallest absolute Gasteiger partial charge is 0.0112 e. The topological polar surface area (TPSA) is 78.1 Å². The fraction of sp³-hybridized carbons (Fsp3) is 1.00. The normalized spacial score (nSPS) is 17.5. The van der Waals surface area contributed by atoms with Crippen LogP contribution in [-0.4, -0.2) is 17.6 Å². The molecule has 0 aliphatic carbocycles. The molecule has 0 aromatic rings. The molecular weight excluding hydrogens is 150 g/mol. The largest absolute Gasteiger partial charge is 0.328 e. The first-order valence-corrected chi connectivity index (χ1v) is 4.65. The van der Waals surface area contributed by atoms with Crippen molar-refractivity contribution in [2.24, 2.45) is 17.2 Å². The van der Waals surface area contributed by atoms with Gasteiger partial charge in [0.05, 0.1) is 0 Å². The van der Waals surface area contributed by atoms with Gasteiger partial charge in [-0.2, -0.15) is 0 Å². The second kappa shape index (κ2) is 4.80. The highest BCUT2D eigenvalue weighted by molar-refractivity contribution is 4.80. The van der Waals surface area contributed by atoms with E-state index in [9.17, 15) is 0 Å². The number of rotatable bonds is 5. The quantitative estimate of drug-likeness (QED) is 0.568. The average molecular weight is 173 g/mol. The van der Waals surface area contributed by atoms with Crippen LogP contribution in [0.2, 0.25) is 0 Å². The third kappa shape index (κ3) is 6.58. The summed E-state index contributed by atoms with van der Waals surface area (Å²) in [5.74, 6) is 0. The average Bonchev–Trinajstić information content (AvgIpc) is 1.82. The first kappa shape index (κ1) is 11.9. The second-order valence-corrected chi connectivity index (χ2v) is 4.36. The van der Waals surface area contributed by atoms with Gasteiger partial charge in [-0.3, -0.25) is 0 Å². The van der Waals surface area contributed by atoms with Gasteiger partial charge in [-0.1, -0.05) is 6.92 Å². The maximum absolute atomic E-state index is 5.88. The Morgan fingerprint density at radius 1 is 1.17 bits per heavy atom. The molecule has 3 nitrogen and oxygen atoms in total. The van der Waals surface area contributed by atoms with E-state index in [-0.39, 0.29) is 17.6 Å². The molecule has 0 amide bonds. The summed E-state index contributed by atoms with van der Waals surface area (Å²) < 4.78 is 0. The Hall–Kier alpha value is -0.120. The number of hydrogen-bond donors (Lipinski definition) is 3. The Bertz CT molecular complexity index is 117. The molecule has 0 aliphatic heterocycles. The van der Waals surface area contributed by atoms with Crippen molar-refractivity contribution < 1.29 is 0 Å². The lowest BCUT2D eigenvalue weighted by atomic mass is 9.93. The lowest BCUT2D eigenvalue weighted by molar-refractivity contribution is 0.387. The van der Waals surface area contributed by atoms with Crippen molar-refractivity contribution in [3.05, 3.63) is 0 Å². The van der Waals surface area contributed by atoms with Crippen molar-refractivity contribution in [3.8, 4) is 0 Å². The Labute approximate surface area is 75.7 Å². The molecule has 0 heterocycles. The van der Waals surface area contributed by atoms with Gasteiger partial charge in [0.25, 0.3) is 0 Å². The zero-order valence-corrected chi connectivity index (χ0v) is 8.51. The van der Waals surface area contributed by atoms with Crippen LogP contribution in [0.15, 0.2) is 0 Å². The van der Waals surface area contributed by atoms with Gasteiger partial charge in [0, 0.05) is 17.6 Å². The molecule has 2 atom stereocenters. The Kier molecular flexibility index (Phi) is 4.75. The highest BCUT2D eigenvalue weighted by Crippen LogP contribution is 2.10. The molecule has 3 heteroatoms. The van der Waals surface area contributed by atoms with E-state index in [0.29, 0.717) is 0 Å². The molecule has 0 aromatic heterocycles. The van der Waals surface area contributed by atoms with E-state index in [0.717, 1.165) is 19.3 Å². The molecule has 0 saturated carbocycles. The SMILES string of the molecule is CCC(N)CC(N)CC(C)(C)N. The zero-order chi connectivity index (χ0) is 9.78. The van der Waals surface area contributed by atoms with Gasteiger partial charge in [0.2, 0.25) is 0 Å². The van der Waals surface area contributed by atoms with E-state index in [1.165, 1.54) is 0 Å². The molecule has 0 fully saturated rings. The fourth-order valence-corrected chi connectivity index (χ4v) is 1.31. The maximum atomic E-state index is 5.88. The van der Waals surface area contributed by atoms with Crippen LogP contribution in [0.5, 0.6) is 0 Å². The Morgan fingerprint density at radius 3 is 2.00 bits per heavy atom. The zero-order valence-electron chi connectivity index (χ0n) is 8.51. The van der Waals surface area contributed by atoms with Crippen molar-refractivity contribution >= 4 is 0 Å². The first-order valence-electron chi connectivity index (χ1n) is 4.65. The summed E-state index contributed by atoms with van der Waals surface area (Å²) in [5, 5.41) is 0. The van der Waals surface area contributed by atoms with Gasteiger partial charge in [-0.05, 0) is 33.1 Å². The molecule has 0 bridgehead atoms. The number of nitrogens with two attached hydrogens (primary N) is 3. The van der Waals surface area contributed by atoms with Crippen LogP contribution in [0.3, 0.4) is 0 Å². The van der Waals surface area contributed by atoms with Crippen LogP contribution in [-0.2, 0) is 0 Å². The third-order valence-electron chi connectivity index (χ3n) is 1.92. The molecule has 2 unspecified atom stereocenters. The Morgan fingerprint density at radius 2 is 1.67 bits per heavy atom. The van der Waals surface area contributed by atoms with Gasteiger partial charge in [0.1, 0.15) is 0 Å². The third-order valence-corrected chi connectivity index (χ3v) is 1.92. The van der Waals surface area contributed by atoms with Crippen LogP contribution in [0, 0.1) is 0 Å². The van der Waals surface area contributed by atoms with Crippen molar-refractivity contribution in [2.45, 2.75) is 57.7 Å². The van der Waals surface area contributed by atoms with Gasteiger partial charge >= 0.3 is 0 Å². The van der Waals surface area contributed by atoms with Gasteiger partial charge in [-0.15, -0.1) is 0 Å². The van der Waals surface area contributed by atoms with E-state index >= 15 is 0 Å². The van der Waals surface area contributed by atoms with E-state index in [2.05, 4.69) is 6.92 Å². The van der Waals surface area contributed by atoms with E-state index in [4.69, 9.17) is 17.2 Å². The highest BCUT2D eigenvalue weighted by Gasteiger charge is 2.17. The molecular formula is C9H23N3. The van der Waals surface area contributed by atoms with E-state index < -0.39 is 0 Å². The van der Waals surface area contributed by atoms with Crippen molar-refractivity contribution in [2.75, 3.05) is 0 Å². The van der Waals surface area contributed by atoms with Crippen LogP contribution in [0.1, 0.15) is 40.0 Å². The highest BCUT2D eigenvalue weighted by atomic mass is 14.8. The molecule has 0 spiro atoms. The molecule has 0 radical (unpaired) electrons. The predicted octanol–water partition coefficient (Wildman–Crippen LogP) is 0.569. The van der Waals surface area contributed by atoms with E-state index in [1.54, 1.807) is 0 Å². The molecule has 0 saturated heterocycles. The van der Waals surface area contributed by atoms with E-state index in [1.807, 2.05) is 13.8 Å². The maximum Gasteiger partial charge on any atom is 0.0112 e. The van der Waals surface area contributed by atoms with Crippen LogP contribution in [0.4, 0.5) is 0 Å². The van der Waals surface area contributed by atoms with Crippen molar-refractivity contribution in [1.82, 2.24) is 0 Å². The second-order valence-electron chi connectivity index (χ2n) is 4.36. The number of hydrogen-bond acceptors (Lipinski definition) is 3. The molecule has 74 valence electrons. The molecule has 0 rings (SSSR count). The molecule has 0 aliphatic rings. The minimum absolute atomic E-state index is 0.139. The standard InChI is InChI=1S/C9H23N3/c1-4-7(10)5-8(11)6-9(2,3)12/h7-8H,4-6,10-12H2,1-3H3. The molecule has 0 aromatic carbocycles. The first-order chi connectivity index (χ1) is 5.35. The summed E-state index contributed by atoms with van der Waals surface area (Å²) in [6.45, 7) is 6.06. The predicted molar refractivity (Wildman–Crippen MR) is 53.7 cm³/mol. The molecule has 12 heavy (non-hydrogen) atoms. The lowest BCUT2D eigenvalue weighted by Crippen LogP contribution is -2.41. The Balaban J connectivity index is 3.66. The minimum Gasteiger partial charge on any atom is -0.328 e. The van der Waals surface area contributed by atoms with Crippen LogP contribution >= 0.6 is 0 Å². The summed E-state index contributed by atoms with van der Waals surface area (Å²) in [5.41, 5.74) is 17.3. The van der Waals surface area contributed by atoms with Gasteiger partial charge in [-0.25, -0.2) is 0 Å². The summed E-state index contributed by atoms with van der Waals surface area (Å²) in [6.07, 6.45) is 2.69. The molecule has 6 N–H and O–H groups in total. The monoisotopic (exact) mass is 173 g/mol. The van der Waals surface area contributed by atoms with Gasteiger partial charge in [0.15, 0.2) is 0 Å².